The minimum atomic E-state index is -4.58. The second kappa shape index (κ2) is 10.1. The Morgan fingerprint density at radius 3 is 2.74 bits per heavy atom. The molecule has 4 rings (SSSR count). The SMILES string of the molecule is Cc1cnc(-c2cc(OC[C@H]3CCOC3)cc(C(=O)N[C@H](C)c3ccc(C(F)(F)F)nn3)c2)s1. The van der Waals surface area contributed by atoms with Gasteiger partial charge in [0.1, 0.15) is 10.8 Å². The molecule has 1 aliphatic heterocycles. The number of rotatable bonds is 7. The third-order valence-electron chi connectivity index (χ3n) is 5.31. The maximum absolute atomic E-state index is 13.0. The number of aryl methyl sites for hydroxylation is 1. The Kier molecular flexibility index (Phi) is 7.13. The predicted octanol–water partition coefficient (Wildman–Crippen LogP) is 4.83. The highest BCUT2D eigenvalue weighted by molar-refractivity contribution is 7.14. The van der Waals surface area contributed by atoms with Gasteiger partial charge in [-0.2, -0.15) is 18.3 Å². The molecule has 0 radical (unpaired) electrons. The molecule has 1 aliphatic rings. The van der Waals surface area contributed by atoms with E-state index in [0.717, 1.165) is 27.9 Å². The second-order valence-electron chi connectivity index (χ2n) is 8.10. The number of carbonyl (C=O) groups excluding carboxylic acids is 1. The van der Waals surface area contributed by atoms with Crippen molar-refractivity contribution in [1.82, 2.24) is 20.5 Å². The van der Waals surface area contributed by atoms with E-state index in [1.165, 1.54) is 17.4 Å². The molecule has 7 nitrogen and oxygen atoms in total. The number of benzene rings is 1. The summed E-state index contributed by atoms with van der Waals surface area (Å²) in [6, 6.07) is 6.58. The van der Waals surface area contributed by atoms with E-state index in [4.69, 9.17) is 9.47 Å². The molecule has 2 atom stereocenters. The molecule has 1 saturated heterocycles. The van der Waals surface area contributed by atoms with Crippen molar-refractivity contribution in [2.75, 3.05) is 19.8 Å². The molecule has 180 valence electrons. The third kappa shape index (κ3) is 5.89. The van der Waals surface area contributed by atoms with Crippen molar-refractivity contribution >= 4 is 17.2 Å². The molecule has 0 unspecified atom stereocenters. The van der Waals surface area contributed by atoms with E-state index in [2.05, 4.69) is 20.5 Å². The zero-order valence-corrected chi connectivity index (χ0v) is 19.4. The summed E-state index contributed by atoms with van der Waals surface area (Å²) in [6.45, 7) is 5.40. The number of thiazole rings is 1. The lowest BCUT2D eigenvalue weighted by atomic mass is 10.1. The molecule has 0 aliphatic carbocycles. The van der Waals surface area contributed by atoms with Crippen molar-refractivity contribution < 1.29 is 27.4 Å². The first-order valence-corrected chi connectivity index (χ1v) is 11.5. The average Bonchev–Trinajstić information content (AvgIpc) is 3.49. The van der Waals surface area contributed by atoms with Crippen LogP contribution in [0.3, 0.4) is 0 Å². The summed E-state index contributed by atoms with van der Waals surface area (Å²) in [5, 5.41) is 10.4. The molecule has 3 heterocycles. The first-order chi connectivity index (χ1) is 16.2. The lowest BCUT2D eigenvalue weighted by Gasteiger charge is -2.16. The summed E-state index contributed by atoms with van der Waals surface area (Å²) >= 11 is 1.50. The van der Waals surface area contributed by atoms with Crippen LogP contribution >= 0.6 is 11.3 Å². The van der Waals surface area contributed by atoms with Gasteiger partial charge < -0.3 is 14.8 Å². The molecule has 3 aromatic rings. The first-order valence-electron chi connectivity index (χ1n) is 10.7. The van der Waals surface area contributed by atoms with Crippen LogP contribution in [0.1, 0.15) is 46.0 Å². The minimum absolute atomic E-state index is 0.214. The van der Waals surface area contributed by atoms with Crippen LogP contribution in [0.25, 0.3) is 10.6 Å². The van der Waals surface area contributed by atoms with Crippen LogP contribution < -0.4 is 10.1 Å². The van der Waals surface area contributed by atoms with Crippen LogP contribution in [0.4, 0.5) is 13.2 Å². The van der Waals surface area contributed by atoms with Crippen LogP contribution in [0, 0.1) is 12.8 Å². The number of halogens is 3. The molecule has 0 spiro atoms. The summed E-state index contributed by atoms with van der Waals surface area (Å²) in [7, 11) is 0. The summed E-state index contributed by atoms with van der Waals surface area (Å²) in [5.74, 6) is 0.407. The molecular formula is C23H23F3N4O3S. The molecule has 1 N–H and O–H groups in total. The number of hydrogen-bond acceptors (Lipinski definition) is 7. The molecule has 1 aromatic carbocycles. The van der Waals surface area contributed by atoms with Crippen LogP contribution in [-0.2, 0) is 10.9 Å². The van der Waals surface area contributed by atoms with Crippen molar-refractivity contribution in [1.29, 1.82) is 0 Å². The quantitative estimate of drug-likeness (QED) is 0.508. The number of ether oxygens (including phenoxy) is 2. The van der Waals surface area contributed by atoms with E-state index >= 15 is 0 Å². The Bertz CT molecular complexity index is 1150. The van der Waals surface area contributed by atoms with Crippen LogP contribution in [0.5, 0.6) is 5.75 Å². The van der Waals surface area contributed by atoms with E-state index in [1.54, 1.807) is 25.3 Å². The largest absolute Gasteiger partial charge is 0.493 e. The monoisotopic (exact) mass is 492 g/mol. The van der Waals surface area contributed by atoms with E-state index in [-0.39, 0.29) is 5.69 Å². The fraction of sp³-hybridized carbons (Fsp3) is 0.391. The molecular weight excluding hydrogens is 469 g/mol. The van der Waals surface area contributed by atoms with Gasteiger partial charge >= 0.3 is 6.18 Å². The van der Waals surface area contributed by atoms with Gasteiger partial charge in [0.25, 0.3) is 5.91 Å². The molecule has 11 heteroatoms. The normalized spacial score (nSPS) is 16.9. The number of nitrogens with one attached hydrogen (secondary N) is 1. The van der Waals surface area contributed by atoms with Gasteiger partial charge in [-0.1, -0.05) is 0 Å². The number of hydrogen-bond donors (Lipinski definition) is 1. The zero-order chi connectivity index (χ0) is 24.3. The number of nitrogens with zero attached hydrogens (tertiary/aromatic N) is 3. The highest BCUT2D eigenvalue weighted by Gasteiger charge is 2.33. The number of carbonyl (C=O) groups is 1. The fourth-order valence-electron chi connectivity index (χ4n) is 3.43. The topological polar surface area (TPSA) is 86.2 Å². The molecule has 0 saturated carbocycles. The number of amides is 1. The van der Waals surface area contributed by atoms with Gasteiger partial charge in [0.2, 0.25) is 0 Å². The molecule has 34 heavy (non-hydrogen) atoms. The standard InChI is InChI=1S/C23H23F3N4O3S/c1-13-10-27-22(34-13)17-7-16(8-18(9-17)33-12-15-5-6-32-11-15)21(31)28-14(2)19-3-4-20(30-29-19)23(24,25)26/h3-4,7-10,14-15H,5-6,11-12H2,1-2H3,(H,28,31)/t14-,15+/m1/s1. The van der Waals surface area contributed by atoms with E-state index < -0.39 is 23.8 Å². The molecule has 2 aromatic heterocycles. The Hall–Kier alpha value is -3.05. The Morgan fingerprint density at radius 2 is 2.12 bits per heavy atom. The van der Waals surface area contributed by atoms with Crippen molar-refractivity contribution in [2.45, 2.75) is 32.5 Å². The zero-order valence-electron chi connectivity index (χ0n) is 18.6. The van der Waals surface area contributed by atoms with Crippen molar-refractivity contribution in [3.63, 3.8) is 0 Å². The van der Waals surface area contributed by atoms with Gasteiger partial charge in [-0.05, 0) is 50.6 Å². The van der Waals surface area contributed by atoms with Gasteiger partial charge in [0.05, 0.1) is 24.9 Å². The lowest BCUT2D eigenvalue weighted by Crippen LogP contribution is -2.27. The van der Waals surface area contributed by atoms with Gasteiger partial charge in [-0.3, -0.25) is 4.79 Å². The smallest absolute Gasteiger partial charge is 0.435 e. The third-order valence-corrected chi connectivity index (χ3v) is 6.28. The van der Waals surface area contributed by atoms with Gasteiger partial charge in [0, 0.05) is 34.7 Å². The summed E-state index contributed by atoms with van der Waals surface area (Å²) in [6.07, 6.45) is -1.90. The summed E-state index contributed by atoms with van der Waals surface area (Å²) in [5.41, 5.74) is 0.210. The molecule has 1 amide bonds. The fourth-order valence-corrected chi connectivity index (χ4v) is 4.18. The Morgan fingerprint density at radius 1 is 1.29 bits per heavy atom. The van der Waals surface area contributed by atoms with Crippen LogP contribution in [0.15, 0.2) is 36.5 Å². The Balaban J connectivity index is 1.53. The molecule has 1 fully saturated rings. The summed E-state index contributed by atoms with van der Waals surface area (Å²) in [4.78, 5) is 18.5. The van der Waals surface area contributed by atoms with Crippen molar-refractivity contribution in [2.24, 2.45) is 5.92 Å². The van der Waals surface area contributed by atoms with E-state index in [0.29, 0.717) is 37.1 Å². The second-order valence-corrected chi connectivity index (χ2v) is 9.33. The number of aromatic nitrogens is 3. The first kappa shape index (κ1) is 24.1. The van der Waals surface area contributed by atoms with E-state index in [9.17, 15) is 18.0 Å². The van der Waals surface area contributed by atoms with Gasteiger partial charge in [-0.25, -0.2) is 4.98 Å². The van der Waals surface area contributed by atoms with E-state index in [1.807, 2.05) is 13.0 Å². The minimum Gasteiger partial charge on any atom is -0.493 e. The summed E-state index contributed by atoms with van der Waals surface area (Å²) < 4.78 is 49.6. The van der Waals surface area contributed by atoms with Crippen LogP contribution in [-0.4, -0.2) is 40.9 Å². The lowest BCUT2D eigenvalue weighted by molar-refractivity contribution is -0.141. The molecule has 0 bridgehead atoms. The Labute approximate surface area is 198 Å². The highest BCUT2D eigenvalue weighted by Crippen LogP contribution is 2.31. The van der Waals surface area contributed by atoms with Crippen molar-refractivity contribution in [3.8, 4) is 16.3 Å². The maximum Gasteiger partial charge on any atom is 0.435 e. The van der Waals surface area contributed by atoms with Crippen molar-refractivity contribution in [3.05, 3.63) is 58.4 Å². The average molecular weight is 493 g/mol. The predicted molar refractivity (Wildman–Crippen MR) is 120 cm³/mol. The van der Waals surface area contributed by atoms with Crippen LogP contribution in [0.2, 0.25) is 0 Å². The maximum atomic E-state index is 13.0. The highest BCUT2D eigenvalue weighted by atomic mass is 32.1. The van der Waals surface area contributed by atoms with Gasteiger partial charge in [-0.15, -0.1) is 16.4 Å². The number of alkyl halides is 3. The van der Waals surface area contributed by atoms with Gasteiger partial charge in [0.15, 0.2) is 5.69 Å².